The second kappa shape index (κ2) is 7.70. The predicted molar refractivity (Wildman–Crippen MR) is 86.9 cm³/mol. The molecule has 3 heteroatoms. The monoisotopic (exact) mass is 285 g/mol. The Morgan fingerprint density at radius 2 is 2.00 bits per heavy atom. The second-order valence-electron chi connectivity index (χ2n) is 5.20. The molecule has 0 aliphatic heterocycles. The molecule has 2 N–H and O–H groups in total. The van der Waals surface area contributed by atoms with Gasteiger partial charge < -0.3 is 15.2 Å². The van der Waals surface area contributed by atoms with Gasteiger partial charge in [-0.3, -0.25) is 0 Å². The van der Waals surface area contributed by atoms with E-state index in [1.807, 2.05) is 12.1 Å². The molecule has 0 atom stereocenters. The van der Waals surface area contributed by atoms with E-state index in [0.29, 0.717) is 0 Å². The van der Waals surface area contributed by atoms with E-state index in [1.165, 1.54) is 11.1 Å². The van der Waals surface area contributed by atoms with Crippen LogP contribution < -0.4 is 10.1 Å². The molecule has 0 aliphatic carbocycles. The number of hydrogen-bond donors (Lipinski definition) is 2. The van der Waals surface area contributed by atoms with E-state index in [2.05, 4.69) is 42.6 Å². The summed E-state index contributed by atoms with van der Waals surface area (Å²) in [4.78, 5) is 0. The Hall–Kier alpha value is -2.00. The van der Waals surface area contributed by atoms with Gasteiger partial charge in [-0.05, 0) is 43.5 Å². The van der Waals surface area contributed by atoms with Crippen LogP contribution in [0.3, 0.4) is 0 Å². The molecule has 0 saturated heterocycles. The zero-order valence-corrected chi connectivity index (χ0v) is 12.7. The number of ether oxygens (including phenoxy) is 1. The maximum absolute atomic E-state index is 8.90. The summed E-state index contributed by atoms with van der Waals surface area (Å²) in [5.74, 6) is 0.907. The van der Waals surface area contributed by atoms with E-state index < -0.39 is 0 Å². The van der Waals surface area contributed by atoms with Crippen molar-refractivity contribution in [2.24, 2.45) is 0 Å². The Morgan fingerprint density at radius 1 is 1.14 bits per heavy atom. The first-order valence-corrected chi connectivity index (χ1v) is 7.30. The minimum Gasteiger partial charge on any atom is -0.496 e. The highest BCUT2D eigenvalue weighted by Gasteiger charge is 2.03. The van der Waals surface area contributed by atoms with Crippen LogP contribution in [0.4, 0.5) is 5.69 Å². The molecule has 21 heavy (non-hydrogen) atoms. The summed E-state index contributed by atoms with van der Waals surface area (Å²) in [6, 6.07) is 14.5. The molecule has 0 amide bonds. The van der Waals surface area contributed by atoms with Crippen molar-refractivity contribution in [2.45, 2.75) is 26.3 Å². The third kappa shape index (κ3) is 4.50. The lowest BCUT2D eigenvalue weighted by Crippen LogP contribution is -2.02. The number of hydrogen-bond acceptors (Lipinski definition) is 3. The first-order valence-electron chi connectivity index (χ1n) is 7.30. The van der Waals surface area contributed by atoms with Gasteiger partial charge in [0.2, 0.25) is 0 Å². The van der Waals surface area contributed by atoms with Crippen molar-refractivity contribution >= 4 is 5.69 Å². The van der Waals surface area contributed by atoms with E-state index in [-0.39, 0.29) is 6.61 Å². The summed E-state index contributed by atoms with van der Waals surface area (Å²) in [5, 5.41) is 12.3. The van der Waals surface area contributed by atoms with Crippen LogP contribution in [0, 0.1) is 6.92 Å². The van der Waals surface area contributed by atoms with Crippen molar-refractivity contribution in [1.29, 1.82) is 0 Å². The number of aliphatic hydroxyl groups excluding tert-OH is 1. The highest BCUT2D eigenvalue weighted by atomic mass is 16.5. The number of benzene rings is 2. The van der Waals surface area contributed by atoms with Gasteiger partial charge in [-0.1, -0.05) is 29.8 Å². The summed E-state index contributed by atoms with van der Waals surface area (Å²) < 4.78 is 5.40. The molecule has 3 nitrogen and oxygen atoms in total. The minimum atomic E-state index is 0.234. The molecule has 0 aliphatic rings. The Balaban J connectivity index is 2.04. The number of nitrogens with one attached hydrogen (secondary N) is 1. The second-order valence-corrected chi connectivity index (χ2v) is 5.20. The summed E-state index contributed by atoms with van der Waals surface area (Å²) in [5.41, 5.74) is 4.71. The van der Waals surface area contributed by atoms with Crippen molar-refractivity contribution in [3.8, 4) is 5.75 Å². The fourth-order valence-corrected chi connectivity index (χ4v) is 2.36. The van der Waals surface area contributed by atoms with Gasteiger partial charge in [-0.25, -0.2) is 0 Å². The van der Waals surface area contributed by atoms with Crippen LogP contribution in [-0.2, 0) is 13.0 Å². The SMILES string of the molecule is COc1ccc(C)cc1CNc1cccc(CCCO)c1. The van der Waals surface area contributed by atoms with Crippen LogP contribution in [0.1, 0.15) is 23.1 Å². The van der Waals surface area contributed by atoms with E-state index in [0.717, 1.165) is 36.4 Å². The van der Waals surface area contributed by atoms with Gasteiger partial charge in [0.25, 0.3) is 0 Å². The molecule has 0 unspecified atom stereocenters. The standard InChI is InChI=1S/C18H23NO2/c1-14-8-9-18(21-2)16(11-14)13-19-17-7-3-5-15(12-17)6-4-10-20/h3,5,7-9,11-12,19-20H,4,6,10,13H2,1-2H3. The average molecular weight is 285 g/mol. The molecule has 112 valence electrons. The fourth-order valence-electron chi connectivity index (χ4n) is 2.36. The first-order chi connectivity index (χ1) is 10.2. The van der Waals surface area contributed by atoms with E-state index >= 15 is 0 Å². The van der Waals surface area contributed by atoms with Gasteiger partial charge in [-0.15, -0.1) is 0 Å². The van der Waals surface area contributed by atoms with E-state index in [9.17, 15) is 0 Å². The molecule has 0 bridgehead atoms. The molecular weight excluding hydrogens is 262 g/mol. The molecule has 0 aromatic heterocycles. The number of aliphatic hydroxyl groups is 1. The molecule has 2 rings (SSSR count). The Morgan fingerprint density at radius 3 is 2.76 bits per heavy atom. The topological polar surface area (TPSA) is 41.5 Å². The maximum atomic E-state index is 8.90. The molecule has 2 aromatic rings. The third-order valence-electron chi connectivity index (χ3n) is 3.47. The molecule has 0 saturated carbocycles. The lowest BCUT2D eigenvalue weighted by molar-refractivity contribution is 0.288. The Bertz CT molecular complexity index is 581. The number of anilines is 1. The van der Waals surface area contributed by atoms with Gasteiger partial charge in [-0.2, -0.15) is 0 Å². The summed E-state index contributed by atoms with van der Waals surface area (Å²) in [6.07, 6.45) is 1.70. The fraction of sp³-hybridized carbons (Fsp3) is 0.333. The zero-order chi connectivity index (χ0) is 15.1. The van der Waals surface area contributed by atoms with Gasteiger partial charge in [0.05, 0.1) is 7.11 Å². The maximum Gasteiger partial charge on any atom is 0.123 e. The predicted octanol–water partition coefficient (Wildman–Crippen LogP) is 3.54. The van der Waals surface area contributed by atoms with Crippen LogP contribution in [0.25, 0.3) is 0 Å². The largest absolute Gasteiger partial charge is 0.496 e. The summed E-state index contributed by atoms with van der Waals surface area (Å²) in [7, 11) is 1.70. The van der Waals surface area contributed by atoms with Crippen LogP contribution in [-0.4, -0.2) is 18.8 Å². The first kappa shape index (κ1) is 15.4. The molecule has 0 spiro atoms. The van der Waals surface area contributed by atoms with Crippen LogP contribution in [0.5, 0.6) is 5.75 Å². The summed E-state index contributed by atoms with van der Waals surface area (Å²) >= 11 is 0. The van der Waals surface area contributed by atoms with Crippen molar-refractivity contribution in [3.05, 3.63) is 59.2 Å². The average Bonchev–Trinajstić information content (AvgIpc) is 2.51. The molecular formula is C18H23NO2. The zero-order valence-electron chi connectivity index (χ0n) is 12.7. The van der Waals surface area contributed by atoms with Crippen LogP contribution in [0.15, 0.2) is 42.5 Å². The Labute approximate surface area is 126 Å². The summed E-state index contributed by atoms with van der Waals surface area (Å²) in [6.45, 7) is 3.05. The number of rotatable bonds is 7. The van der Waals surface area contributed by atoms with Crippen molar-refractivity contribution in [3.63, 3.8) is 0 Å². The Kier molecular flexibility index (Phi) is 5.64. The van der Waals surface area contributed by atoms with E-state index in [1.54, 1.807) is 7.11 Å². The smallest absolute Gasteiger partial charge is 0.123 e. The lowest BCUT2D eigenvalue weighted by atomic mass is 10.1. The highest BCUT2D eigenvalue weighted by Crippen LogP contribution is 2.21. The molecule has 0 radical (unpaired) electrons. The molecule has 0 heterocycles. The van der Waals surface area contributed by atoms with Crippen LogP contribution >= 0.6 is 0 Å². The lowest BCUT2D eigenvalue weighted by Gasteiger charge is -2.12. The normalized spacial score (nSPS) is 10.4. The minimum absolute atomic E-state index is 0.234. The van der Waals surface area contributed by atoms with Crippen molar-refractivity contribution < 1.29 is 9.84 Å². The highest BCUT2D eigenvalue weighted by molar-refractivity contribution is 5.48. The third-order valence-corrected chi connectivity index (χ3v) is 3.47. The van der Waals surface area contributed by atoms with Crippen molar-refractivity contribution in [2.75, 3.05) is 19.0 Å². The van der Waals surface area contributed by atoms with Gasteiger partial charge in [0.1, 0.15) is 5.75 Å². The molecule has 2 aromatic carbocycles. The quantitative estimate of drug-likeness (QED) is 0.817. The number of methoxy groups -OCH3 is 1. The number of aryl methyl sites for hydroxylation is 2. The molecule has 0 fully saturated rings. The van der Waals surface area contributed by atoms with E-state index in [4.69, 9.17) is 9.84 Å². The van der Waals surface area contributed by atoms with Crippen LogP contribution in [0.2, 0.25) is 0 Å². The van der Waals surface area contributed by atoms with Gasteiger partial charge in [0.15, 0.2) is 0 Å². The van der Waals surface area contributed by atoms with Crippen molar-refractivity contribution in [1.82, 2.24) is 0 Å². The van der Waals surface area contributed by atoms with Gasteiger partial charge in [0, 0.05) is 24.4 Å². The van der Waals surface area contributed by atoms with Gasteiger partial charge >= 0.3 is 0 Å².